The smallest absolute Gasteiger partial charge is 0.275 e. The molecule has 0 radical (unpaired) electrons. The lowest BCUT2D eigenvalue weighted by Gasteiger charge is -2.30. The summed E-state index contributed by atoms with van der Waals surface area (Å²) >= 11 is 5.64. The van der Waals surface area contributed by atoms with Crippen molar-refractivity contribution in [2.75, 3.05) is 32.7 Å². The Kier molecular flexibility index (Phi) is 6.50. The largest absolute Gasteiger partial charge is 0.347 e. The van der Waals surface area contributed by atoms with Gasteiger partial charge in [0.2, 0.25) is 4.77 Å². The topological polar surface area (TPSA) is 73.6 Å². The Morgan fingerprint density at radius 1 is 1.14 bits per heavy atom. The molecule has 1 aliphatic heterocycles. The average molecular weight is 420 g/mol. The summed E-state index contributed by atoms with van der Waals surface area (Å²) in [7, 11) is 0. The molecule has 1 aromatic heterocycles. The van der Waals surface area contributed by atoms with Gasteiger partial charge in [-0.2, -0.15) is 9.36 Å². The maximum Gasteiger partial charge on any atom is 0.275 e. The van der Waals surface area contributed by atoms with E-state index >= 15 is 0 Å². The van der Waals surface area contributed by atoms with Crippen molar-refractivity contribution in [1.29, 1.82) is 0 Å². The van der Waals surface area contributed by atoms with Crippen LogP contribution in [0.2, 0.25) is 0 Å². The fourth-order valence-corrected chi connectivity index (χ4v) is 3.92. The SMILES string of the molecule is Cc1cccc(-n2nnn(C[NH+]3CC[NH+](CC(=O)NC(C)(C)C)CC3)c2=S)c1C. The van der Waals surface area contributed by atoms with Crippen LogP contribution in [0.5, 0.6) is 0 Å². The van der Waals surface area contributed by atoms with E-state index in [9.17, 15) is 4.79 Å². The molecular weight excluding hydrogens is 386 g/mol. The second-order valence-electron chi connectivity index (χ2n) is 9.02. The molecule has 0 atom stereocenters. The number of aryl methyl sites for hydroxylation is 1. The third-order valence-electron chi connectivity index (χ3n) is 5.41. The molecule has 29 heavy (non-hydrogen) atoms. The van der Waals surface area contributed by atoms with Crippen LogP contribution in [0, 0.1) is 18.6 Å². The van der Waals surface area contributed by atoms with Gasteiger partial charge < -0.3 is 15.1 Å². The molecule has 0 bridgehead atoms. The van der Waals surface area contributed by atoms with Gasteiger partial charge >= 0.3 is 0 Å². The molecule has 1 amide bonds. The van der Waals surface area contributed by atoms with E-state index in [0.717, 1.165) is 37.4 Å². The Morgan fingerprint density at radius 2 is 1.79 bits per heavy atom. The van der Waals surface area contributed by atoms with E-state index < -0.39 is 0 Å². The van der Waals surface area contributed by atoms with Gasteiger partial charge in [-0.05, 0) is 74.5 Å². The van der Waals surface area contributed by atoms with Gasteiger partial charge in [-0.3, -0.25) is 4.79 Å². The van der Waals surface area contributed by atoms with E-state index in [1.54, 1.807) is 4.68 Å². The van der Waals surface area contributed by atoms with Crippen LogP contribution in [0.15, 0.2) is 18.2 Å². The molecule has 0 unspecified atom stereocenters. The Morgan fingerprint density at radius 3 is 2.45 bits per heavy atom. The first-order valence-electron chi connectivity index (χ1n) is 10.2. The quantitative estimate of drug-likeness (QED) is 0.548. The molecule has 3 N–H and O–H groups in total. The molecule has 158 valence electrons. The minimum Gasteiger partial charge on any atom is -0.347 e. The number of tetrazole rings is 1. The lowest BCUT2D eigenvalue weighted by molar-refractivity contribution is -1.02. The van der Waals surface area contributed by atoms with Crippen LogP contribution in [0.4, 0.5) is 0 Å². The van der Waals surface area contributed by atoms with Crippen molar-refractivity contribution >= 4 is 18.1 Å². The predicted octanol–water partition coefficient (Wildman–Crippen LogP) is -0.929. The van der Waals surface area contributed by atoms with Gasteiger partial charge in [0.05, 0.1) is 5.69 Å². The van der Waals surface area contributed by atoms with Gasteiger partial charge in [0.1, 0.15) is 26.2 Å². The molecule has 9 heteroatoms. The maximum atomic E-state index is 12.2. The van der Waals surface area contributed by atoms with Crippen molar-refractivity contribution < 1.29 is 14.6 Å². The van der Waals surface area contributed by atoms with Gasteiger partial charge in [-0.1, -0.05) is 12.1 Å². The van der Waals surface area contributed by atoms with E-state index in [-0.39, 0.29) is 11.4 Å². The highest BCUT2D eigenvalue weighted by atomic mass is 32.1. The number of carbonyl (C=O) groups excluding carboxylic acids is 1. The first kappa shape index (κ1) is 21.6. The number of carbonyl (C=O) groups is 1. The summed E-state index contributed by atoms with van der Waals surface area (Å²) in [5.41, 5.74) is 3.17. The zero-order chi connectivity index (χ0) is 21.2. The van der Waals surface area contributed by atoms with Crippen molar-refractivity contribution in [2.24, 2.45) is 0 Å². The minimum absolute atomic E-state index is 0.120. The Bertz CT molecular complexity index is 920. The summed E-state index contributed by atoms with van der Waals surface area (Å²) in [4.78, 5) is 14.9. The number of piperazine rings is 1. The maximum absolute atomic E-state index is 12.2. The molecule has 1 aliphatic rings. The van der Waals surface area contributed by atoms with Crippen LogP contribution in [0.1, 0.15) is 31.9 Å². The van der Waals surface area contributed by atoms with E-state index in [0.29, 0.717) is 18.0 Å². The van der Waals surface area contributed by atoms with Crippen LogP contribution in [0.3, 0.4) is 0 Å². The van der Waals surface area contributed by atoms with E-state index in [1.165, 1.54) is 15.4 Å². The number of hydrogen-bond donors (Lipinski definition) is 3. The number of quaternary nitrogens is 2. The highest BCUT2D eigenvalue weighted by molar-refractivity contribution is 7.71. The molecular formula is C20H33N7OS+2. The van der Waals surface area contributed by atoms with E-state index in [2.05, 4.69) is 35.7 Å². The fraction of sp³-hybridized carbons (Fsp3) is 0.600. The Labute approximate surface area is 177 Å². The number of nitrogens with zero attached hydrogens (tertiary/aromatic N) is 4. The minimum atomic E-state index is -0.179. The van der Waals surface area contributed by atoms with Gasteiger partial charge in [0.15, 0.2) is 13.2 Å². The zero-order valence-corrected chi connectivity index (χ0v) is 18.9. The summed E-state index contributed by atoms with van der Waals surface area (Å²) in [6.45, 7) is 15.3. The third kappa shape index (κ3) is 5.49. The van der Waals surface area contributed by atoms with Crippen molar-refractivity contribution in [3.05, 3.63) is 34.1 Å². The third-order valence-corrected chi connectivity index (χ3v) is 5.79. The monoisotopic (exact) mass is 419 g/mol. The second kappa shape index (κ2) is 8.73. The van der Waals surface area contributed by atoms with Gasteiger partial charge in [-0.15, -0.1) is 0 Å². The Hall–Kier alpha value is -2.10. The average Bonchev–Trinajstić information content (AvgIpc) is 2.98. The van der Waals surface area contributed by atoms with Crippen molar-refractivity contribution in [3.63, 3.8) is 0 Å². The number of rotatable bonds is 5. The van der Waals surface area contributed by atoms with Crippen molar-refractivity contribution in [1.82, 2.24) is 25.1 Å². The fourth-order valence-electron chi connectivity index (χ4n) is 3.68. The van der Waals surface area contributed by atoms with Gasteiger partial charge in [-0.25, -0.2) is 0 Å². The summed E-state index contributed by atoms with van der Waals surface area (Å²) in [5.74, 6) is 0.120. The van der Waals surface area contributed by atoms with Crippen molar-refractivity contribution in [2.45, 2.75) is 46.8 Å². The molecule has 0 spiro atoms. The normalized spacial score (nSPS) is 19.9. The molecule has 1 fully saturated rings. The van der Waals surface area contributed by atoms with Gasteiger partial charge in [0, 0.05) is 5.54 Å². The molecule has 0 aliphatic carbocycles. The summed E-state index contributed by atoms with van der Waals surface area (Å²) in [6, 6.07) is 6.12. The standard InChI is InChI=1S/C20H31N7OS/c1-15-7-6-8-17(16(15)2)27-19(29)26(22-23-27)14-25-11-9-24(10-12-25)13-18(28)21-20(3,4)5/h6-8H,9-14H2,1-5H3,(H,21,28)/p+2. The first-order chi connectivity index (χ1) is 13.6. The molecule has 2 aromatic rings. The van der Waals surface area contributed by atoms with E-state index in [4.69, 9.17) is 12.2 Å². The molecule has 1 aromatic carbocycles. The zero-order valence-electron chi connectivity index (χ0n) is 18.1. The molecule has 0 saturated carbocycles. The highest BCUT2D eigenvalue weighted by Gasteiger charge is 2.27. The van der Waals surface area contributed by atoms with E-state index in [1.807, 2.05) is 37.6 Å². The lowest BCUT2D eigenvalue weighted by Crippen LogP contribution is -3.28. The summed E-state index contributed by atoms with van der Waals surface area (Å²) in [6.07, 6.45) is 0. The van der Waals surface area contributed by atoms with Crippen LogP contribution in [-0.4, -0.2) is 64.0 Å². The molecule has 3 rings (SSSR count). The number of amides is 1. The number of nitrogens with one attached hydrogen (secondary N) is 3. The summed E-state index contributed by atoms with van der Waals surface area (Å²) < 4.78 is 4.17. The van der Waals surface area contributed by atoms with Crippen molar-refractivity contribution in [3.8, 4) is 5.69 Å². The van der Waals surface area contributed by atoms with Crippen LogP contribution < -0.4 is 15.1 Å². The lowest BCUT2D eigenvalue weighted by atomic mass is 10.1. The second-order valence-corrected chi connectivity index (χ2v) is 9.39. The Balaban J connectivity index is 1.58. The van der Waals surface area contributed by atoms with Crippen LogP contribution >= 0.6 is 12.2 Å². The number of hydrogen-bond acceptors (Lipinski definition) is 4. The highest BCUT2D eigenvalue weighted by Crippen LogP contribution is 2.16. The van der Waals surface area contributed by atoms with Crippen LogP contribution in [0.25, 0.3) is 5.69 Å². The number of benzene rings is 1. The first-order valence-corrected chi connectivity index (χ1v) is 10.6. The van der Waals surface area contributed by atoms with Gasteiger partial charge in [0.25, 0.3) is 5.91 Å². The van der Waals surface area contributed by atoms with Crippen LogP contribution in [-0.2, 0) is 11.5 Å². The molecule has 8 nitrogen and oxygen atoms in total. The molecule has 1 saturated heterocycles. The predicted molar refractivity (Wildman–Crippen MR) is 114 cm³/mol. The number of aromatic nitrogens is 4. The molecule has 2 heterocycles. The summed E-state index contributed by atoms with van der Waals surface area (Å²) in [5, 5.41) is 11.6.